The highest BCUT2D eigenvalue weighted by Crippen LogP contribution is 2.41. The zero-order valence-corrected chi connectivity index (χ0v) is 13.7. The predicted octanol–water partition coefficient (Wildman–Crippen LogP) is 1.72. The summed E-state index contributed by atoms with van der Waals surface area (Å²) in [4.78, 5) is 41.0. The number of esters is 1. The van der Waals surface area contributed by atoms with Crippen LogP contribution in [0.25, 0.3) is 0 Å². The van der Waals surface area contributed by atoms with Gasteiger partial charge in [-0.05, 0) is 18.6 Å². The molecule has 0 unspecified atom stereocenters. The van der Waals surface area contributed by atoms with Crippen molar-refractivity contribution in [2.24, 2.45) is 0 Å². The van der Waals surface area contributed by atoms with Gasteiger partial charge in [0.25, 0.3) is 5.56 Å². The van der Waals surface area contributed by atoms with E-state index < -0.39 is 23.1 Å². The third-order valence-electron chi connectivity index (χ3n) is 3.89. The minimum absolute atomic E-state index is 0.203. The van der Waals surface area contributed by atoms with Crippen LogP contribution in [-0.4, -0.2) is 23.0 Å². The summed E-state index contributed by atoms with van der Waals surface area (Å²) >= 11 is 6.29. The highest BCUT2D eigenvalue weighted by atomic mass is 35.5. The van der Waals surface area contributed by atoms with Crippen molar-refractivity contribution in [3.8, 4) is 0 Å². The van der Waals surface area contributed by atoms with E-state index in [2.05, 4.69) is 15.3 Å². The van der Waals surface area contributed by atoms with Crippen LogP contribution >= 0.6 is 11.6 Å². The topological polar surface area (TPSA) is 104 Å². The SMILES string of the molecule is COC(=O)C1=C(C)Nc2[nH]c(=O)[nH]c(=O)c2[C@@H]1c1ccccc1Cl. The molecule has 0 spiro atoms. The van der Waals surface area contributed by atoms with Gasteiger partial charge in [0.15, 0.2) is 0 Å². The molecule has 8 heteroatoms. The van der Waals surface area contributed by atoms with Crippen LogP contribution in [0, 0.1) is 0 Å². The van der Waals surface area contributed by atoms with E-state index in [1.807, 2.05) is 0 Å². The summed E-state index contributed by atoms with van der Waals surface area (Å²) in [6.45, 7) is 1.67. The zero-order chi connectivity index (χ0) is 17.4. The maximum atomic E-state index is 12.4. The number of ether oxygens (including phenoxy) is 1. The van der Waals surface area contributed by atoms with Crippen LogP contribution in [0.15, 0.2) is 45.1 Å². The van der Waals surface area contributed by atoms with Gasteiger partial charge in [0.1, 0.15) is 5.82 Å². The van der Waals surface area contributed by atoms with E-state index in [-0.39, 0.29) is 17.0 Å². The number of benzene rings is 1. The Bertz CT molecular complexity index is 974. The molecule has 0 fully saturated rings. The third-order valence-corrected chi connectivity index (χ3v) is 4.24. The lowest BCUT2D eigenvalue weighted by atomic mass is 9.82. The number of carbonyl (C=O) groups excluding carboxylic acids is 1. The molecule has 2 aromatic rings. The molecule has 1 atom stereocenters. The molecule has 1 aliphatic heterocycles. The average Bonchev–Trinajstić information content (AvgIpc) is 2.53. The van der Waals surface area contributed by atoms with Crippen molar-refractivity contribution in [2.75, 3.05) is 12.4 Å². The van der Waals surface area contributed by atoms with Gasteiger partial charge >= 0.3 is 11.7 Å². The molecule has 7 nitrogen and oxygen atoms in total. The van der Waals surface area contributed by atoms with Gasteiger partial charge in [0.05, 0.1) is 24.2 Å². The lowest BCUT2D eigenvalue weighted by Crippen LogP contribution is -2.34. The largest absolute Gasteiger partial charge is 0.466 e. The molecule has 0 aliphatic carbocycles. The molecule has 24 heavy (non-hydrogen) atoms. The van der Waals surface area contributed by atoms with Crippen LogP contribution in [0.1, 0.15) is 24.0 Å². The Morgan fingerprint density at radius 1 is 1.21 bits per heavy atom. The summed E-state index contributed by atoms with van der Waals surface area (Å²) in [5, 5.41) is 3.28. The number of carbonyl (C=O) groups is 1. The zero-order valence-electron chi connectivity index (χ0n) is 12.9. The van der Waals surface area contributed by atoms with Gasteiger partial charge in [-0.25, -0.2) is 9.59 Å². The molecular formula is C16H14ClN3O4. The van der Waals surface area contributed by atoms with Crippen molar-refractivity contribution in [3.63, 3.8) is 0 Å². The number of aromatic nitrogens is 2. The molecule has 124 valence electrons. The van der Waals surface area contributed by atoms with E-state index in [0.29, 0.717) is 16.3 Å². The number of aromatic amines is 2. The Hall–Kier alpha value is -2.80. The van der Waals surface area contributed by atoms with E-state index in [9.17, 15) is 14.4 Å². The van der Waals surface area contributed by atoms with Crippen molar-refractivity contribution in [2.45, 2.75) is 12.8 Å². The van der Waals surface area contributed by atoms with E-state index in [4.69, 9.17) is 16.3 Å². The quantitative estimate of drug-likeness (QED) is 0.718. The molecule has 0 radical (unpaired) electrons. The Kier molecular flexibility index (Phi) is 4.02. The fraction of sp³-hybridized carbons (Fsp3) is 0.188. The smallest absolute Gasteiger partial charge is 0.336 e. The van der Waals surface area contributed by atoms with Crippen LogP contribution in [0.2, 0.25) is 5.02 Å². The number of hydrogen-bond donors (Lipinski definition) is 3. The molecule has 0 saturated carbocycles. The van der Waals surface area contributed by atoms with Gasteiger partial charge in [0, 0.05) is 10.7 Å². The minimum Gasteiger partial charge on any atom is -0.466 e. The van der Waals surface area contributed by atoms with E-state index in [0.717, 1.165) is 0 Å². The Balaban J connectivity index is 2.37. The highest BCUT2D eigenvalue weighted by Gasteiger charge is 2.36. The van der Waals surface area contributed by atoms with Crippen molar-refractivity contribution in [3.05, 3.63) is 72.5 Å². The molecule has 1 aromatic heterocycles. The maximum Gasteiger partial charge on any atom is 0.336 e. The van der Waals surface area contributed by atoms with E-state index in [1.165, 1.54) is 7.11 Å². The number of fused-ring (bicyclic) bond motifs is 1. The van der Waals surface area contributed by atoms with Crippen molar-refractivity contribution in [1.29, 1.82) is 0 Å². The number of nitrogens with one attached hydrogen (secondary N) is 3. The lowest BCUT2D eigenvalue weighted by Gasteiger charge is -2.28. The summed E-state index contributed by atoms with van der Waals surface area (Å²) in [7, 11) is 1.26. The maximum absolute atomic E-state index is 12.4. The van der Waals surface area contributed by atoms with Crippen LogP contribution in [0.5, 0.6) is 0 Å². The molecule has 2 heterocycles. The van der Waals surface area contributed by atoms with Crippen LogP contribution in [0.4, 0.5) is 5.82 Å². The predicted molar refractivity (Wildman–Crippen MR) is 89.3 cm³/mol. The van der Waals surface area contributed by atoms with Crippen LogP contribution in [-0.2, 0) is 9.53 Å². The molecule has 1 aromatic carbocycles. The summed E-state index contributed by atoms with van der Waals surface area (Å²) in [6.07, 6.45) is 0. The average molecular weight is 348 g/mol. The number of hydrogen-bond acceptors (Lipinski definition) is 5. The number of methoxy groups -OCH3 is 1. The normalized spacial score (nSPS) is 16.4. The number of allylic oxidation sites excluding steroid dienone is 1. The van der Waals surface area contributed by atoms with Gasteiger partial charge in [-0.2, -0.15) is 0 Å². The first-order valence-electron chi connectivity index (χ1n) is 7.11. The van der Waals surface area contributed by atoms with Gasteiger partial charge < -0.3 is 10.1 Å². The molecule has 0 bridgehead atoms. The fourth-order valence-electron chi connectivity index (χ4n) is 2.89. The Morgan fingerprint density at radius 3 is 2.58 bits per heavy atom. The molecule has 3 N–H and O–H groups in total. The minimum atomic E-state index is -0.761. The number of H-pyrrole nitrogens is 2. The van der Waals surface area contributed by atoms with Crippen LogP contribution < -0.4 is 16.6 Å². The summed E-state index contributed by atoms with van der Waals surface area (Å²) in [5.74, 6) is -1.11. The number of halogens is 1. The van der Waals surface area contributed by atoms with Crippen molar-refractivity contribution < 1.29 is 9.53 Å². The monoisotopic (exact) mass is 347 g/mol. The summed E-state index contributed by atoms with van der Waals surface area (Å²) in [5.41, 5.74) is 0.266. The Morgan fingerprint density at radius 2 is 1.92 bits per heavy atom. The van der Waals surface area contributed by atoms with Gasteiger partial charge in [0.2, 0.25) is 0 Å². The van der Waals surface area contributed by atoms with Gasteiger partial charge in [-0.3, -0.25) is 14.8 Å². The van der Waals surface area contributed by atoms with E-state index >= 15 is 0 Å². The number of anilines is 1. The standard InChI is InChI=1S/C16H14ClN3O4/c1-7-10(15(22)24-2)11(8-5-3-4-6-9(8)17)12-13(18-7)19-16(23)20-14(12)21/h3-6,11H,1-2H3,(H3,18,19,20,21,23)/t11-/m1/s1. The Labute approximate surface area is 141 Å². The molecule has 0 saturated heterocycles. The lowest BCUT2D eigenvalue weighted by molar-refractivity contribution is -0.136. The van der Waals surface area contributed by atoms with E-state index in [1.54, 1.807) is 31.2 Å². The summed E-state index contributed by atoms with van der Waals surface area (Å²) in [6, 6.07) is 6.90. The van der Waals surface area contributed by atoms with Crippen molar-refractivity contribution >= 4 is 23.4 Å². The van der Waals surface area contributed by atoms with Crippen molar-refractivity contribution in [1.82, 2.24) is 9.97 Å². The third kappa shape index (κ3) is 2.52. The van der Waals surface area contributed by atoms with Crippen LogP contribution in [0.3, 0.4) is 0 Å². The molecule has 1 aliphatic rings. The van der Waals surface area contributed by atoms with Gasteiger partial charge in [-0.1, -0.05) is 29.8 Å². The first-order valence-corrected chi connectivity index (χ1v) is 7.49. The van der Waals surface area contributed by atoms with Gasteiger partial charge in [-0.15, -0.1) is 0 Å². The second-order valence-corrected chi connectivity index (χ2v) is 5.71. The second kappa shape index (κ2) is 6.01. The molecule has 3 rings (SSSR count). The molecule has 0 amide bonds. The highest BCUT2D eigenvalue weighted by molar-refractivity contribution is 6.31. The fourth-order valence-corrected chi connectivity index (χ4v) is 3.13. The summed E-state index contributed by atoms with van der Waals surface area (Å²) < 4.78 is 4.87. The second-order valence-electron chi connectivity index (χ2n) is 5.31. The first kappa shape index (κ1) is 16.1. The number of rotatable bonds is 2. The first-order chi connectivity index (χ1) is 11.4. The molecular weight excluding hydrogens is 334 g/mol.